The summed E-state index contributed by atoms with van der Waals surface area (Å²) in [7, 11) is -3.79. The van der Waals surface area contributed by atoms with Crippen LogP contribution in [-0.4, -0.2) is 51.1 Å². The predicted octanol–water partition coefficient (Wildman–Crippen LogP) is 3.64. The number of rotatable bonds is 6. The van der Waals surface area contributed by atoms with E-state index in [1.165, 1.54) is 4.90 Å². The number of nitrogens with zero attached hydrogens (tertiary/aromatic N) is 1. The molecule has 1 saturated heterocycles. The molecule has 0 aromatic heterocycles. The Morgan fingerprint density at radius 3 is 2.56 bits per heavy atom. The summed E-state index contributed by atoms with van der Waals surface area (Å²) >= 11 is 0. The SMILES string of the molecule is CCOC(=O)N1CCC(NS(=O)(=O)c2ccc(NC(=O)c3ccccc3C)c3c2CCCC3)C1. The van der Waals surface area contributed by atoms with Crippen molar-refractivity contribution in [2.24, 2.45) is 0 Å². The van der Waals surface area contributed by atoms with Crippen LogP contribution in [0.4, 0.5) is 10.5 Å². The zero-order valence-electron chi connectivity index (χ0n) is 19.6. The largest absolute Gasteiger partial charge is 0.450 e. The molecule has 2 aliphatic rings. The summed E-state index contributed by atoms with van der Waals surface area (Å²) in [6, 6.07) is 10.3. The molecule has 8 nitrogen and oxygen atoms in total. The number of aryl methyl sites for hydroxylation is 1. The third-order valence-corrected chi connectivity index (χ3v) is 8.06. The first kappa shape index (κ1) is 24.2. The van der Waals surface area contributed by atoms with Gasteiger partial charge in [-0.3, -0.25) is 4.79 Å². The summed E-state index contributed by atoms with van der Waals surface area (Å²) in [6.07, 6.45) is 3.29. The van der Waals surface area contributed by atoms with Gasteiger partial charge < -0.3 is 15.0 Å². The Hall–Kier alpha value is -2.91. The molecule has 0 spiro atoms. The molecule has 9 heteroatoms. The zero-order valence-corrected chi connectivity index (χ0v) is 20.4. The summed E-state index contributed by atoms with van der Waals surface area (Å²) in [5.41, 5.74) is 3.79. The lowest BCUT2D eigenvalue weighted by Crippen LogP contribution is -2.39. The third kappa shape index (κ3) is 5.10. The van der Waals surface area contributed by atoms with E-state index in [0.717, 1.165) is 29.5 Å². The van der Waals surface area contributed by atoms with Crippen LogP contribution in [-0.2, 0) is 27.6 Å². The number of fused-ring (bicyclic) bond motifs is 1. The standard InChI is InChI=1S/C25H31N3O5S/c1-3-33-25(30)28-15-14-18(16-28)27-34(31,32)23-13-12-22(20-10-6-7-11-21(20)23)26-24(29)19-9-5-4-8-17(19)2/h4-5,8-9,12-13,18,27H,3,6-7,10-11,14-16H2,1-2H3,(H,26,29). The number of sulfonamides is 1. The lowest BCUT2D eigenvalue weighted by atomic mass is 9.90. The lowest BCUT2D eigenvalue weighted by molar-refractivity contribution is 0.102. The molecular weight excluding hydrogens is 454 g/mol. The molecule has 1 unspecified atom stereocenters. The first-order valence-electron chi connectivity index (χ1n) is 11.8. The Kier molecular flexibility index (Phi) is 7.23. The lowest BCUT2D eigenvalue weighted by Gasteiger charge is -2.24. The van der Waals surface area contributed by atoms with Crippen molar-refractivity contribution in [3.8, 4) is 0 Å². The molecule has 2 amide bonds. The molecule has 0 radical (unpaired) electrons. The first-order chi connectivity index (χ1) is 16.3. The van der Waals surface area contributed by atoms with Gasteiger partial charge in [0.25, 0.3) is 5.91 Å². The summed E-state index contributed by atoms with van der Waals surface area (Å²) in [5, 5.41) is 3.00. The fourth-order valence-electron chi connectivity index (χ4n) is 4.74. The Morgan fingerprint density at radius 2 is 1.82 bits per heavy atom. The van der Waals surface area contributed by atoms with E-state index in [0.29, 0.717) is 37.1 Å². The number of anilines is 1. The van der Waals surface area contributed by atoms with Gasteiger partial charge in [-0.25, -0.2) is 17.9 Å². The van der Waals surface area contributed by atoms with E-state index < -0.39 is 16.1 Å². The van der Waals surface area contributed by atoms with Crippen molar-refractivity contribution in [2.45, 2.75) is 56.9 Å². The minimum atomic E-state index is -3.79. The van der Waals surface area contributed by atoms with E-state index in [1.807, 2.05) is 25.1 Å². The quantitative estimate of drug-likeness (QED) is 0.650. The molecular formula is C25H31N3O5S. The van der Waals surface area contributed by atoms with Crippen LogP contribution in [0.25, 0.3) is 0 Å². The number of amides is 2. The topological polar surface area (TPSA) is 105 Å². The molecule has 4 rings (SSSR count). The van der Waals surface area contributed by atoms with E-state index in [1.54, 1.807) is 25.1 Å². The molecule has 0 bridgehead atoms. The van der Waals surface area contributed by atoms with Gasteiger partial charge in [0, 0.05) is 30.4 Å². The summed E-state index contributed by atoms with van der Waals surface area (Å²) in [4.78, 5) is 26.6. The smallest absolute Gasteiger partial charge is 0.409 e. The van der Waals surface area contributed by atoms with E-state index in [2.05, 4.69) is 10.0 Å². The van der Waals surface area contributed by atoms with Crippen LogP contribution < -0.4 is 10.0 Å². The maximum absolute atomic E-state index is 13.3. The van der Waals surface area contributed by atoms with Gasteiger partial charge >= 0.3 is 6.09 Å². The van der Waals surface area contributed by atoms with Crippen LogP contribution >= 0.6 is 0 Å². The first-order valence-corrected chi connectivity index (χ1v) is 13.2. The molecule has 1 atom stereocenters. The normalized spacial score (nSPS) is 17.8. The molecule has 1 aliphatic carbocycles. The molecule has 2 aromatic rings. The predicted molar refractivity (Wildman–Crippen MR) is 130 cm³/mol. The van der Waals surface area contributed by atoms with Crippen molar-refractivity contribution >= 4 is 27.7 Å². The second kappa shape index (κ2) is 10.1. The van der Waals surface area contributed by atoms with Crippen LogP contribution in [0.1, 0.15) is 53.2 Å². The molecule has 182 valence electrons. The number of hydrogen-bond acceptors (Lipinski definition) is 5. The van der Waals surface area contributed by atoms with Crippen LogP contribution in [0.5, 0.6) is 0 Å². The van der Waals surface area contributed by atoms with Gasteiger partial charge in [-0.15, -0.1) is 0 Å². The minimum Gasteiger partial charge on any atom is -0.450 e. The molecule has 0 saturated carbocycles. The number of benzene rings is 2. The molecule has 1 fully saturated rings. The van der Waals surface area contributed by atoms with Gasteiger partial charge in [-0.05, 0) is 80.8 Å². The Balaban J connectivity index is 1.55. The van der Waals surface area contributed by atoms with Crippen LogP contribution in [0, 0.1) is 6.92 Å². The van der Waals surface area contributed by atoms with Crippen molar-refractivity contribution in [3.63, 3.8) is 0 Å². The van der Waals surface area contributed by atoms with Crippen molar-refractivity contribution in [1.82, 2.24) is 9.62 Å². The van der Waals surface area contributed by atoms with Gasteiger partial charge in [0.05, 0.1) is 11.5 Å². The van der Waals surface area contributed by atoms with E-state index >= 15 is 0 Å². The Morgan fingerprint density at radius 1 is 1.09 bits per heavy atom. The molecule has 2 aromatic carbocycles. The van der Waals surface area contributed by atoms with Gasteiger partial charge in [-0.2, -0.15) is 0 Å². The number of carbonyl (C=O) groups is 2. The van der Waals surface area contributed by atoms with E-state index in [-0.39, 0.29) is 30.0 Å². The van der Waals surface area contributed by atoms with E-state index in [4.69, 9.17) is 4.74 Å². The second-order valence-corrected chi connectivity index (χ2v) is 10.5. The second-order valence-electron chi connectivity index (χ2n) is 8.80. The van der Waals surface area contributed by atoms with Crippen molar-refractivity contribution < 1.29 is 22.7 Å². The highest BCUT2D eigenvalue weighted by Crippen LogP contribution is 2.33. The molecule has 34 heavy (non-hydrogen) atoms. The maximum Gasteiger partial charge on any atom is 0.409 e. The highest BCUT2D eigenvalue weighted by molar-refractivity contribution is 7.89. The number of hydrogen-bond donors (Lipinski definition) is 2. The molecule has 2 N–H and O–H groups in total. The third-order valence-electron chi connectivity index (χ3n) is 6.46. The number of nitrogens with one attached hydrogen (secondary N) is 2. The zero-order chi connectivity index (χ0) is 24.3. The van der Waals surface area contributed by atoms with Crippen LogP contribution in [0.2, 0.25) is 0 Å². The fourth-order valence-corrected chi connectivity index (χ4v) is 6.30. The highest BCUT2D eigenvalue weighted by atomic mass is 32.2. The van der Waals surface area contributed by atoms with Crippen LogP contribution in [0.15, 0.2) is 41.3 Å². The van der Waals surface area contributed by atoms with Gasteiger partial charge in [0.15, 0.2) is 0 Å². The van der Waals surface area contributed by atoms with Gasteiger partial charge in [0.2, 0.25) is 10.0 Å². The average molecular weight is 486 g/mol. The van der Waals surface area contributed by atoms with Gasteiger partial charge in [0.1, 0.15) is 0 Å². The average Bonchev–Trinajstić information content (AvgIpc) is 3.27. The molecule has 1 heterocycles. The van der Waals surface area contributed by atoms with Crippen molar-refractivity contribution in [3.05, 3.63) is 58.7 Å². The summed E-state index contributed by atoms with van der Waals surface area (Å²) in [6.45, 7) is 4.64. The van der Waals surface area contributed by atoms with Crippen molar-refractivity contribution in [2.75, 3.05) is 25.0 Å². The summed E-state index contributed by atoms with van der Waals surface area (Å²) < 4.78 is 34.5. The van der Waals surface area contributed by atoms with Crippen LogP contribution in [0.3, 0.4) is 0 Å². The fraction of sp³-hybridized carbons (Fsp3) is 0.440. The number of ether oxygens (including phenoxy) is 1. The number of carbonyl (C=O) groups excluding carboxylic acids is 2. The monoisotopic (exact) mass is 485 g/mol. The molecule has 1 aliphatic heterocycles. The Bertz CT molecular complexity index is 1200. The van der Waals surface area contributed by atoms with Gasteiger partial charge in [-0.1, -0.05) is 18.2 Å². The number of likely N-dealkylation sites (tertiary alicyclic amines) is 1. The highest BCUT2D eigenvalue weighted by Gasteiger charge is 2.32. The van der Waals surface area contributed by atoms with Crippen molar-refractivity contribution in [1.29, 1.82) is 0 Å². The minimum absolute atomic E-state index is 0.204. The van der Waals surface area contributed by atoms with E-state index in [9.17, 15) is 18.0 Å². The maximum atomic E-state index is 13.3. The summed E-state index contributed by atoms with van der Waals surface area (Å²) in [5.74, 6) is -0.204. The Labute approximate surface area is 200 Å².